The van der Waals surface area contributed by atoms with Crippen LogP contribution in [-0.4, -0.2) is 23.2 Å². The number of ether oxygens (including phenoxy) is 1. The van der Waals surface area contributed by atoms with Crippen LogP contribution < -0.4 is 4.74 Å². The smallest absolute Gasteiger partial charge is 0.358 e. The molecule has 0 aliphatic rings. The van der Waals surface area contributed by atoms with Gasteiger partial charge in [-0.1, -0.05) is 11.6 Å². The number of benzene rings is 1. The number of carboxylic acid groups (broad SMARTS) is 1. The summed E-state index contributed by atoms with van der Waals surface area (Å²) in [6.07, 6.45) is 0. The zero-order chi connectivity index (χ0) is 13.3. The van der Waals surface area contributed by atoms with E-state index < -0.39 is 5.97 Å². The standard InChI is InChI=1S/C12H10ClNO4/c1-6-10(12(15)16)14-11(18-6)7-3-4-9(17-2)8(13)5-7/h3-5H,1-2H3,(H,15,16). The van der Waals surface area contributed by atoms with Gasteiger partial charge in [-0.05, 0) is 25.1 Å². The molecule has 0 radical (unpaired) electrons. The second-order valence-electron chi connectivity index (χ2n) is 3.58. The first-order valence-corrected chi connectivity index (χ1v) is 5.45. The summed E-state index contributed by atoms with van der Waals surface area (Å²) in [5, 5.41) is 9.30. The fraction of sp³-hybridized carbons (Fsp3) is 0.167. The predicted molar refractivity (Wildman–Crippen MR) is 65.2 cm³/mol. The first-order chi connectivity index (χ1) is 8.52. The molecular weight excluding hydrogens is 258 g/mol. The Morgan fingerprint density at radius 3 is 2.72 bits per heavy atom. The Kier molecular flexibility index (Phi) is 3.25. The van der Waals surface area contributed by atoms with Gasteiger partial charge in [0.1, 0.15) is 11.5 Å². The van der Waals surface area contributed by atoms with Crippen LogP contribution in [0.15, 0.2) is 22.6 Å². The topological polar surface area (TPSA) is 72.6 Å². The molecule has 2 aromatic rings. The average molecular weight is 268 g/mol. The largest absolute Gasteiger partial charge is 0.495 e. The van der Waals surface area contributed by atoms with E-state index >= 15 is 0 Å². The van der Waals surface area contributed by atoms with Crippen LogP contribution in [0.1, 0.15) is 16.2 Å². The van der Waals surface area contributed by atoms with Gasteiger partial charge in [0.2, 0.25) is 5.89 Å². The fourth-order valence-electron chi connectivity index (χ4n) is 1.52. The third kappa shape index (κ3) is 2.17. The molecule has 1 aromatic carbocycles. The van der Waals surface area contributed by atoms with Crippen molar-refractivity contribution in [1.29, 1.82) is 0 Å². The molecule has 0 saturated carbocycles. The summed E-state index contributed by atoms with van der Waals surface area (Å²) in [6, 6.07) is 4.97. The fourth-order valence-corrected chi connectivity index (χ4v) is 1.78. The van der Waals surface area contributed by atoms with Crippen molar-refractivity contribution in [3.8, 4) is 17.2 Å². The van der Waals surface area contributed by atoms with Gasteiger partial charge in [-0.2, -0.15) is 0 Å². The van der Waals surface area contributed by atoms with Crippen LogP contribution in [0.4, 0.5) is 0 Å². The van der Waals surface area contributed by atoms with E-state index in [4.69, 9.17) is 25.9 Å². The highest BCUT2D eigenvalue weighted by Crippen LogP contribution is 2.30. The van der Waals surface area contributed by atoms with Crippen LogP contribution in [0.3, 0.4) is 0 Å². The Morgan fingerprint density at radius 2 is 2.22 bits per heavy atom. The molecule has 0 aliphatic carbocycles. The molecule has 0 saturated heterocycles. The molecular formula is C12H10ClNO4. The van der Waals surface area contributed by atoms with Crippen molar-refractivity contribution in [2.45, 2.75) is 6.92 Å². The van der Waals surface area contributed by atoms with Crippen LogP contribution >= 0.6 is 11.6 Å². The van der Waals surface area contributed by atoms with E-state index in [1.165, 1.54) is 7.11 Å². The second-order valence-corrected chi connectivity index (χ2v) is 3.99. The van der Waals surface area contributed by atoms with E-state index in [0.717, 1.165) is 0 Å². The summed E-state index contributed by atoms with van der Waals surface area (Å²) in [5.74, 6) is -0.122. The summed E-state index contributed by atoms with van der Waals surface area (Å²) in [5.41, 5.74) is 0.494. The lowest BCUT2D eigenvalue weighted by Gasteiger charge is -2.03. The Hall–Kier alpha value is -2.01. The van der Waals surface area contributed by atoms with Crippen molar-refractivity contribution in [3.05, 3.63) is 34.7 Å². The normalized spacial score (nSPS) is 10.4. The van der Waals surface area contributed by atoms with Crippen LogP contribution in [0.2, 0.25) is 5.02 Å². The zero-order valence-corrected chi connectivity index (χ0v) is 10.5. The minimum atomic E-state index is -1.12. The van der Waals surface area contributed by atoms with Crippen LogP contribution in [0.25, 0.3) is 11.5 Å². The van der Waals surface area contributed by atoms with Gasteiger partial charge in [-0.3, -0.25) is 0 Å². The highest BCUT2D eigenvalue weighted by molar-refractivity contribution is 6.32. The van der Waals surface area contributed by atoms with E-state index in [0.29, 0.717) is 16.3 Å². The molecule has 0 spiro atoms. The van der Waals surface area contributed by atoms with Crippen molar-refractivity contribution in [1.82, 2.24) is 4.98 Å². The van der Waals surface area contributed by atoms with Gasteiger partial charge >= 0.3 is 5.97 Å². The van der Waals surface area contributed by atoms with Crippen molar-refractivity contribution < 1.29 is 19.1 Å². The molecule has 0 atom stereocenters. The first kappa shape index (κ1) is 12.4. The SMILES string of the molecule is COc1ccc(-c2nc(C(=O)O)c(C)o2)cc1Cl. The van der Waals surface area contributed by atoms with E-state index in [1.54, 1.807) is 25.1 Å². The molecule has 6 heteroatoms. The van der Waals surface area contributed by atoms with Crippen molar-refractivity contribution in [3.63, 3.8) is 0 Å². The Bertz CT molecular complexity index is 606. The first-order valence-electron chi connectivity index (χ1n) is 5.07. The predicted octanol–water partition coefficient (Wildman–Crippen LogP) is 3.01. The molecule has 0 bridgehead atoms. The number of carbonyl (C=O) groups is 1. The van der Waals surface area contributed by atoms with E-state index in [9.17, 15) is 4.79 Å². The summed E-state index contributed by atoms with van der Waals surface area (Å²) in [7, 11) is 1.51. The van der Waals surface area contributed by atoms with E-state index in [1.807, 2.05) is 0 Å². The third-order valence-corrected chi connectivity index (χ3v) is 2.69. The van der Waals surface area contributed by atoms with Crippen molar-refractivity contribution >= 4 is 17.6 Å². The van der Waals surface area contributed by atoms with Crippen LogP contribution in [-0.2, 0) is 0 Å². The summed E-state index contributed by atoms with van der Waals surface area (Å²) >= 11 is 5.98. The molecule has 0 fully saturated rings. The second kappa shape index (κ2) is 4.70. The van der Waals surface area contributed by atoms with Gasteiger partial charge in [0.25, 0.3) is 0 Å². The molecule has 1 aromatic heterocycles. The maximum absolute atomic E-state index is 10.9. The lowest BCUT2D eigenvalue weighted by molar-refractivity contribution is 0.0689. The maximum Gasteiger partial charge on any atom is 0.358 e. The minimum absolute atomic E-state index is 0.100. The lowest BCUT2D eigenvalue weighted by atomic mass is 10.2. The lowest BCUT2D eigenvalue weighted by Crippen LogP contribution is -1.98. The van der Waals surface area contributed by atoms with Crippen LogP contribution in [0, 0.1) is 6.92 Å². The highest BCUT2D eigenvalue weighted by atomic mass is 35.5. The number of methoxy groups -OCH3 is 1. The van der Waals surface area contributed by atoms with Gasteiger partial charge in [0.15, 0.2) is 5.69 Å². The van der Waals surface area contributed by atoms with Gasteiger partial charge in [-0.25, -0.2) is 9.78 Å². The molecule has 1 N–H and O–H groups in total. The number of hydrogen-bond donors (Lipinski definition) is 1. The average Bonchev–Trinajstić information content (AvgIpc) is 2.71. The molecule has 5 nitrogen and oxygen atoms in total. The van der Waals surface area contributed by atoms with Gasteiger partial charge < -0.3 is 14.3 Å². The summed E-state index contributed by atoms with van der Waals surface area (Å²) in [6.45, 7) is 1.55. The van der Waals surface area contributed by atoms with Crippen molar-refractivity contribution in [2.75, 3.05) is 7.11 Å². The number of nitrogens with zero attached hydrogens (tertiary/aromatic N) is 1. The highest BCUT2D eigenvalue weighted by Gasteiger charge is 2.17. The number of hydrogen-bond acceptors (Lipinski definition) is 4. The minimum Gasteiger partial charge on any atom is -0.495 e. The molecule has 0 unspecified atom stereocenters. The molecule has 2 rings (SSSR count). The van der Waals surface area contributed by atoms with E-state index in [-0.39, 0.29) is 17.3 Å². The van der Waals surface area contributed by atoms with Gasteiger partial charge in [0.05, 0.1) is 12.1 Å². The number of aromatic carboxylic acids is 1. The molecule has 0 amide bonds. The van der Waals surface area contributed by atoms with E-state index in [2.05, 4.69) is 4.98 Å². The number of aromatic nitrogens is 1. The Balaban J connectivity index is 2.46. The zero-order valence-electron chi connectivity index (χ0n) is 9.73. The number of rotatable bonds is 3. The number of halogens is 1. The quantitative estimate of drug-likeness (QED) is 0.925. The third-order valence-electron chi connectivity index (χ3n) is 2.40. The Labute approximate surface area is 108 Å². The van der Waals surface area contributed by atoms with Crippen molar-refractivity contribution in [2.24, 2.45) is 0 Å². The molecule has 1 heterocycles. The molecule has 18 heavy (non-hydrogen) atoms. The Morgan fingerprint density at radius 1 is 1.50 bits per heavy atom. The number of carboxylic acids is 1. The van der Waals surface area contributed by atoms with Crippen LogP contribution in [0.5, 0.6) is 5.75 Å². The molecule has 94 valence electrons. The number of aryl methyl sites for hydroxylation is 1. The molecule has 0 aliphatic heterocycles. The monoisotopic (exact) mass is 267 g/mol. The van der Waals surface area contributed by atoms with Gasteiger partial charge in [-0.15, -0.1) is 0 Å². The number of oxazole rings is 1. The summed E-state index contributed by atoms with van der Waals surface area (Å²) in [4.78, 5) is 14.8. The summed E-state index contributed by atoms with van der Waals surface area (Å²) < 4.78 is 10.3. The van der Waals surface area contributed by atoms with Gasteiger partial charge in [0, 0.05) is 5.56 Å². The maximum atomic E-state index is 10.9.